The van der Waals surface area contributed by atoms with E-state index >= 15 is 0 Å². The number of carbonyl (C=O) groups is 2. The van der Waals surface area contributed by atoms with Gasteiger partial charge in [-0.05, 0) is 42.5 Å². The van der Waals surface area contributed by atoms with Crippen molar-refractivity contribution in [3.63, 3.8) is 0 Å². The topological polar surface area (TPSA) is 86.8 Å². The highest BCUT2D eigenvalue weighted by Crippen LogP contribution is 2.24. The number of sulfonamides is 1. The van der Waals surface area contributed by atoms with Crippen LogP contribution >= 0.6 is 0 Å². The Balaban J connectivity index is 1.46. The molecule has 0 aromatic heterocycles. The minimum absolute atomic E-state index is 0.105. The van der Waals surface area contributed by atoms with Gasteiger partial charge in [-0.1, -0.05) is 55.3 Å². The molecule has 0 radical (unpaired) electrons. The molecule has 34 heavy (non-hydrogen) atoms. The first-order chi connectivity index (χ1) is 16.4. The van der Waals surface area contributed by atoms with Crippen molar-refractivity contribution in [2.75, 3.05) is 32.0 Å². The Morgan fingerprint density at radius 3 is 2.35 bits per heavy atom. The molecule has 4 rings (SSSR count). The fourth-order valence-electron chi connectivity index (χ4n) is 4.25. The third kappa shape index (κ3) is 5.29. The average molecular weight is 480 g/mol. The van der Waals surface area contributed by atoms with Crippen LogP contribution in [0.25, 0.3) is 10.8 Å². The van der Waals surface area contributed by atoms with Crippen LogP contribution in [0, 0.1) is 0 Å². The summed E-state index contributed by atoms with van der Waals surface area (Å²) in [6.07, 6.45) is 3.73. The van der Waals surface area contributed by atoms with E-state index in [1.807, 2.05) is 42.5 Å². The molecule has 0 spiro atoms. The number of hydrogen-bond donors (Lipinski definition) is 1. The summed E-state index contributed by atoms with van der Waals surface area (Å²) in [5.74, 6) is -0.749. The molecule has 0 saturated carbocycles. The number of fused-ring (bicyclic) bond motifs is 1. The highest BCUT2D eigenvalue weighted by atomic mass is 32.2. The fourth-order valence-corrected chi connectivity index (χ4v) is 5.82. The SMILES string of the molecule is CN(CC(=O)Nc1cccc2ccccc12)C(=O)c1cccc(S(=O)(=O)N2CCCCCC2)c1. The van der Waals surface area contributed by atoms with Crippen LogP contribution in [0.4, 0.5) is 5.69 Å². The minimum Gasteiger partial charge on any atom is -0.332 e. The first-order valence-corrected chi connectivity index (χ1v) is 12.9. The first kappa shape index (κ1) is 23.9. The van der Waals surface area contributed by atoms with Gasteiger partial charge < -0.3 is 10.2 Å². The van der Waals surface area contributed by atoms with Crippen molar-refractivity contribution in [1.29, 1.82) is 0 Å². The van der Waals surface area contributed by atoms with Gasteiger partial charge in [0.2, 0.25) is 15.9 Å². The maximum absolute atomic E-state index is 13.1. The van der Waals surface area contributed by atoms with Crippen molar-refractivity contribution in [1.82, 2.24) is 9.21 Å². The molecule has 3 aromatic rings. The van der Waals surface area contributed by atoms with Crippen molar-refractivity contribution in [2.45, 2.75) is 30.6 Å². The Morgan fingerprint density at radius 2 is 1.59 bits per heavy atom. The molecule has 1 aliphatic heterocycles. The van der Waals surface area contributed by atoms with Gasteiger partial charge in [-0.3, -0.25) is 9.59 Å². The van der Waals surface area contributed by atoms with E-state index in [9.17, 15) is 18.0 Å². The van der Waals surface area contributed by atoms with Crippen molar-refractivity contribution >= 4 is 38.3 Å². The quantitative estimate of drug-likeness (QED) is 0.576. The van der Waals surface area contributed by atoms with Gasteiger partial charge in [-0.2, -0.15) is 4.31 Å². The summed E-state index contributed by atoms with van der Waals surface area (Å²) in [5.41, 5.74) is 0.908. The van der Waals surface area contributed by atoms with Gasteiger partial charge in [-0.25, -0.2) is 8.42 Å². The Kier molecular flexibility index (Phi) is 7.29. The van der Waals surface area contributed by atoms with E-state index in [-0.39, 0.29) is 22.9 Å². The molecule has 2 amide bonds. The normalized spacial score (nSPS) is 15.0. The molecule has 178 valence electrons. The smallest absolute Gasteiger partial charge is 0.254 e. The summed E-state index contributed by atoms with van der Waals surface area (Å²) in [6.45, 7) is 0.828. The van der Waals surface area contributed by atoms with Gasteiger partial charge in [0.25, 0.3) is 5.91 Å². The van der Waals surface area contributed by atoms with Crippen LogP contribution in [-0.2, 0) is 14.8 Å². The molecule has 0 aliphatic carbocycles. The highest BCUT2D eigenvalue weighted by molar-refractivity contribution is 7.89. The third-order valence-corrected chi connectivity index (χ3v) is 7.97. The maximum atomic E-state index is 13.1. The van der Waals surface area contributed by atoms with Crippen molar-refractivity contribution in [3.8, 4) is 0 Å². The van der Waals surface area contributed by atoms with Crippen LogP contribution in [0.5, 0.6) is 0 Å². The Labute approximate surface area is 200 Å². The molecule has 0 unspecified atom stereocenters. The molecule has 7 nitrogen and oxygen atoms in total. The molecule has 1 saturated heterocycles. The number of likely N-dealkylation sites (N-methyl/N-ethyl adjacent to an activating group) is 1. The maximum Gasteiger partial charge on any atom is 0.254 e. The summed E-state index contributed by atoms with van der Waals surface area (Å²) < 4.78 is 27.7. The van der Waals surface area contributed by atoms with Gasteiger partial charge in [0.1, 0.15) is 0 Å². The molecule has 0 bridgehead atoms. The van der Waals surface area contributed by atoms with Crippen LogP contribution in [0.2, 0.25) is 0 Å². The number of carbonyl (C=O) groups excluding carboxylic acids is 2. The van der Waals surface area contributed by atoms with Crippen LogP contribution < -0.4 is 5.32 Å². The van der Waals surface area contributed by atoms with Crippen molar-refractivity contribution in [3.05, 3.63) is 72.3 Å². The Morgan fingerprint density at radius 1 is 0.912 bits per heavy atom. The Hall–Kier alpha value is -3.23. The monoisotopic (exact) mass is 479 g/mol. The lowest BCUT2D eigenvalue weighted by molar-refractivity contribution is -0.116. The number of hydrogen-bond acceptors (Lipinski definition) is 4. The van der Waals surface area contributed by atoms with Gasteiger partial charge in [-0.15, -0.1) is 0 Å². The lowest BCUT2D eigenvalue weighted by Gasteiger charge is -2.21. The second-order valence-corrected chi connectivity index (χ2v) is 10.5. The molecule has 8 heteroatoms. The predicted molar refractivity (Wildman–Crippen MR) is 133 cm³/mol. The molecule has 1 aliphatic rings. The van der Waals surface area contributed by atoms with Crippen LogP contribution in [0.3, 0.4) is 0 Å². The molecular weight excluding hydrogens is 450 g/mol. The largest absolute Gasteiger partial charge is 0.332 e. The third-order valence-electron chi connectivity index (χ3n) is 6.07. The van der Waals surface area contributed by atoms with E-state index in [0.717, 1.165) is 36.5 Å². The molecule has 3 aromatic carbocycles. The van der Waals surface area contributed by atoms with E-state index in [2.05, 4.69) is 5.32 Å². The van der Waals surface area contributed by atoms with Crippen LogP contribution in [0.1, 0.15) is 36.0 Å². The Bertz CT molecular complexity index is 1290. The van der Waals surface area contributed by atoms with Gasteiger partial charge in [0, 0.05) is 36.8 Å². The zero-order valence-electron chi connectivity index (χ0n) is 19.2. The number of anilines is 1. The minimum atomic E-state index is -3.67. The fraction of sp³-hybridized carbons (Fsp3) is 0.308. The zero-order valence-corrected chi connectivity index (χ0v) is 20.1. The standard InChI is InChI=1S/C26H29N3O4S/c1-28(19-25(30)27-24-15-9-11-20-10-4-5-14-23(20)24)26(31)21-12-8-13-22(18-21)34(32,33)29-16-6-2-3-7-17-29/h4-5,8-15,18H,2-3,6-7,16-17,19H2,1H3,(H,27,30). The summed E-state index contributed by atoms with van der Waals surface area (Å²) in [4.78, 5) is 27.0. The predicted octanol–water partition coefficient (Wildman–Crippen LogP) is 4.12. The highest BCUT2D eigenvalue weighted by Gasteiger charge is 2.26. The second-order valence-electron chi connectivity index (χ2n) is 8.58. The van der Waals surface area contributed by atoms with E-state index in [4.69, 9.17) is 0 Å². The summed E-state index contributed by atoms with van der Waals surface area (Å²) in [7, 11) is -2.14. The first-order valence-electron chi connectivity index (χ1n) is 11.5. The zero-order chi connectivity index (χ0) is 24.1. The molecule has 1 fully saturated rings. The summed E-state index contributed by atoms with van der Waals surface area (Å²) in [6, 6.07) is 19.4. The van der Waals surface area contributed by atoms with E-state index in [0.29, 0.717) is 18.8 Å². The van der Waals surface area contributed by atoms with E-state index in [1.54, 1.807) is 12.1 Å². The van der Waals surface area contributed by atoms with Gasteiger partial charge in [0.15, 0.2) is 0 Å². The number of amides is 2. The van der Waals surface area contributed by atoms with Gasteiger partial charge in [0.05, 0.1) is 11.4 Å². The van der Waals surface area contributed by atoms with Crippen LogP contribution in [-0.4, -0.2) is 56.1 Å². The summed E-state index contributed by atoms with van der Waals surface area (Å²) >= 11 is 0. The van der Waals surface area contributed by atoms with E-state index < -0.39 is 15.9 Å². The van der Waals surface area contributed by atoms with Crippen LogP contribution in [0.15, 0.2) is 71.6 Å². The lowest BCUT2D eigenvalue weighted by atomic mass is 10.1. The summed E-state index contributed by atoms with van der Waals surface area (Å²) in [5, 5.41) is 4.79. The number of rotatable bonds is 6. The lowest BCUT2D eigenvalue weighted by Crippen LogP contribution is -2.35. The molecular formula is C26H29N3O4S. The molecule has 1 N–H and O–H groups in total. The van der Waals surface area contributed by atoms with Crippen molar-refractivity contribution < 1.29 is 18.0 Å². The number of nitrogens with one attached hydrogen (secondary N) is 1. The van der Waals surface area contributed by atoms with Gasteiger partial charge >= 0.3 is 0 Å². The van der Waals surface area contributed by atoms with E-state index in [1.165, 1.54) is 28.4 Å². The number of benzene rings is 3. The molecule has 0 atom stereocenters. The molecule has 1 heterocycles. The average Bonchev–Trinajstić information content (AvgIpc) is 3.14. The van der Waals surface area contributed by atoms with Crippen molar-refractivity contribution in [2.24, 2.45) is 0 Å². The second kappa shape index (κ2) is 10.4. The number of nitrogens with zero attached hydrogens (tertiary/aromatic N) is 2.